The zero-order chi connectivity index (χ0) is 21.1. The summed E-state index contributed by atoms with van der Waals surface area (Å²) in [6, 6.07) is 5.34. The quantitative estimate of drug-likeness (QED) is 0.453. The van der Waals surface area contributed by atoms with Crippen LogP contribution >= 0.6 is 34.5 Å². The predicted molar refractivity (Wildman–Crippen MR) is 121 cm³/mol. The van der Waals surface area contributed by atoms with E-state index >= 15 is 0 Å². The van der Waals surface area contributed by atoms with E-state index in [-0.39, 0.29) is 5.91 Å². The Hall–Kier alpha value is -1.89. The van der Waals surface area contributed by atoms with Gasteiger partial charge >= 0.3 is 0 Å². The van der Waals surface area contributed by atoms with Crippen molar-refractivity contribution in [2.24, 2.45) is 7.05 Å². The Morgan fingerprint density at radius 1 is 1.28 bits per heavy atom. The van der Waals surface area contributed by atoms with Crippen LogP contribution in [0.4, 0.5) is 5.13 Å². The molecule has 0 saturated carbocycles. The van der Waals surface area contributed by atoms with Crippen LogP contribution in [0.3, 0.4) is 0 Å². The van der Waals surface area contributed by atoms with E-state index in [4.69, 9.17) is 23.2 Å². The SMILES string of the molecule is CCCN(C(=O)CCc1c(C)nn(C)c1C)c1nc(-c2ccc(Cl)cc2Cl)cs1. The Labute approximate surface area is 185 Å². The number of thiazole rings is 1. The molecule has 2 aromatic heterocycles. The van der Waals surface area contributed by atoms with Gasteiger partial charge in [-0.3, -0.25) is 14.4 Å². The number of amides is 1. The lowest BCUT2D eigenvalue weighted by Crippen LogP contribution is -2.31. The monoisotopic (exact) mass is 450 g/mol. The molecule has 0 aliphatic rings. The molecule has 0 saturated heterocycles. The molecule has 0 unspecified atom stereocenters. The highest BCUT2D eigenvalue weighted by Crippen LogP contribution is 2.33. The molecular weight excluding hydrogens is 427 g/mol. The number of carbonyl (C=O) groups is 1. The highest BCUT2D eigenvalue weighted by Gasteiger charge is 2.20. The second kappa shape index (κ2) is 9.28. The first kappa shape index (κ1) is 21.8. The molecule has 3 rings (SSSR count). The van der Waals surface area contributed by atoms with Gasteiger partial charge in [0.25, 0.3) is 0 Å². The first-order valence-electron chi connectivity index (χ1n) is 9.52. The third-order valence-electron chi connectivity index (χ3n) is 4.93. The van der Waals surface area contributed by atoms with Crippen LogP contribution < -0.4 is 4.90 Å². The number of benzene rings is 1. The standard InChI is InChI=1S/C21H24Cl2N4OS/c1-5-10-27(20(28)9-8-16-13(2)25-26(4)14(16)3)21-24-19(12-29-21)17-7-6-15(22)11-18(17)23/h6-7,11-12H,5,8-10H2,1-4H3. The van der Waals surface area contributed by atoms with Gasteiger partial charge in [-0.15, -0.1) is 11.3 Å². The molecule has 0 radical (unpaired) electrons. The Balaban J connectivity index is 1.79. The van der Waals surface area contributed by atoms with Gasteiger partial charge in [-0.2, -0.15) is 5.10 Å². The molecule has 2 heterocycles. The molecule has 5 nitrogen and oxygen atoms in total. The largest absolute Gasteiger partial charge is 0.288 e. The van der Waals surface area contributed by atoms with Crippen LogP contribution in [0, 0.1) is 13.8 Å². The molecule has 29 heavy (non-hydrogen) atoms. The number of anilines is 1. The number of aromatic nitrogens is 3. The van der Waals surface area contributed by atoms with Crippen LogP contribution in [0.25, 0.3) is 11.3 Å². The van der Waals surface area contributed by atoms with Gasteiger partial charge in [0.2, 0.25) is 5.91 Å². The molecule has 154 valence electrons. The second-order valence-corrected chi connectivity index (χ2v) is 8.64. The zero-order valence-electron chi connectivity index (χ0n) is 17.0. The van der Waals surface area contributed by atoms with Crippen molar-refractivity contribution in [3.8, 4) is 11.3 Å². The van der Waals surface area contributed by atoms with Crippen molar-refractivity contribution in [3.63, 3.8) is 0 Å². The van der Waals surface area contributed by atoms with Crippen LogP contribution in [-0.4, -0.2) is 27.2 Å². The first-order valence-corrected chi connectivity index (χ1v) is 11.2. The molecule has 0 atom stereocenters. The van der Waals surface area contributed by atoms with Crippen molar-refractivity contribution in [2.45, 2.75) is 40.0 Å². The van der Waals surface area contributed by atoms with Crippen LogP contribution in [-0.2, 0) is 18.3 Å². The summed E-state index contributed by atoms with van der Waals surface area (Å²) in [4.78, 5) is 19.5. The maximum Gasteiger partial charge on any atom is 0.229 e. The normalized spacial score (nSPS) is 11.1. The molecule has 1 aromatic carbocycles. The summed E-state index contributed by atoms with van der Waals surface area (Å²) >= 11 is 13.8. The zero-order valence-corrected chi connectivity index (χ0v) is 19.3. The number of hydrogen-bond donors (Lipinski definition) is 0. The maximum atomic E-state index is 13.0. The summed E-state index contributed by atoms with van der Waals surface area (Å²) in [5.41, 5.74) is 4.79. The minimum Gasteiger partial charge on any atom is -0.288 e. The van der Waals surface area contributed by atoms with Crippen molar-refractivity contribution in [3.05, 3.63) is 50.6 Å². The van der Waals surface area contributed by atoms with E-state index in [1.807, 2.05) is 37.0 Å². The van der Waals surface area contributed by atoms with Gasteiger partial charge in [-0.05, 0) is 50.5 Å². The van der Waals surface area contributed by atoms with Crippen LogP contribution in [0.2, 0.25) is 10.0 Å². The van der Waals surface area contributed by atoms with E-state index < -0.39 is 0 Å². The fourth-order valence-corrected chi connectivity index (χ4v) is 4.68. The fraction of sp³-hybridized carbons (Fsp3) is 0.381. The Morgan fingerprint density at radius 2 is 2.03 bits per heavy atom. The minimum atomic E-state index is 0.0672. The number of carbonyl (C=O) groups excluding carboxylic acids is 1. The molecule has 1 amide bonds. The summed E-state index contributed by atoms with van der Waals surface area (Å²) in [7, 11) is 1.93. The average Bonchev–Trinajstić information content (AvgIpc) is 3.23. The van der Waals surface area contributed by atoms with Crippen molar-refractivity contribution in [1.82, 2.24) is 14.8 Å². The fourth-order valence-electron chi connectivity index (χ4n) is 3.31. The number of aryl methyl sites for hydroxylation is 2. The first-order chi connectivity index (χ1) is 13.8. The van der Waals surface area contributed by atoms with E-state index in [9.17, 15) is 4.79 Å². The van der Waals surface area contributed by atoms with Gasteiger partial charge in [0.15, 0.2) is 5.13 Å². The lowest BCUT2D eigenvalue weighted by Gasteiger charge is -2.19. The Morgan fingerprint density at radius 3 is 2.66 bits per heavy atom. The molecule has 0 N–H and O–H groups in total. The summed E-state index contributed by atoms with van der Waals surface area (Å²) < 4.78 is 1.86. The average molecular weight is 451 g/mol. The highest BCUT2D eigenvalue weighted by molar-refractivity contribution is 7.14. The molecule has 0 aliphatic carbocycles. The lowest BCUT2D eigenvalue weighted by molar-refractivity contribution is -0.118. The third kappa shape index (κ3) is 4.82. The Bertz CT molecular complexity index is 1030. The van der Waals surface area contributed by atoms with Gasteiger partial charge in [0.1, 0.15) is 0 Å². The van der Waals surface area contributed by atoms with Gasteiger partial charge in [0.05, 0.1) is 16.4 Å². The smallest absolute Gasteiger partial charge is 0.229 e. The predicted octanol–water partition coefficient (Wildman–Crippen LogP) is 5.84. The van der Waals surface area contributed by atoms with Crippen LogP contribution in [0.15, 0.2) is 23.6 Å². The van der Waals surface area contributed by atoms with E-state index in [0.717, 1.165) is 34.6 Å². The lowest BCUT2D eigenvalue weighted by atomic mass is 10.1. The minimum absolute atomic E-state index is 0.0672. The summed E-state index contributed by atoms with van der Waals surface area (Å²) in [6.07, 6.45) is 1.95. The van der Waals surface area contributed by atoms with Gasteiger partial charge < -0.3 is 0 Å². The van der Waals surface area contributed by atoms with Gasteiger partial charge in [0, 0.05) is 41.7 Å². The van der Waals surface area contributed by atoms with Crippen molar-refractivity contribution in [1.29, 1.82) is 0 Å². The maximum absolute atomic E-state index is 13.0. The van der Waals surface area contributed by atoms with E-state index in [1.54, 1.807) is 17.0 Å². The van der Waals surface area contributed by atoms with Crippen LogP contribution in [0.5, 0.6) is 0 Å². The molecule has 0 spiro atoms. The Kier molecular flexibility index (Phi) is 6.98. The third-order valence-corrected chi connectivity index (χ3v) is 6.34. The van der Waals surface area contributed by atoms with E-state index in [2.05, 4.69) is 17.0 Å². The molecule has 8 heteroatoms. The molecular formula is C21H24Cl2N4OS. The highest BCUT2D eigenvalue weighted by atomic mass is 35.5. The molecule has 0 bridgehead atoms. The summed E-state index contributed by atoms with van der Waals surface area (Å²) in [6.45, 7) is 6.71. The van der Waals surface area contributed by atoms with E-state index in [1.165, 1.54) is 11.3 Å². The van der Waals surface area contributed by atoms with Crippen LogP contribution in [0.1, 0.15) is 36.7 Å². The number of nitrogens with zero attached hydrogens (tertiary/aromatic N) is 4. The second-order valence-electron chi connectivity index (χ2n) is 6.96. The molecule has 0 fully saturated rings. The number of rotatable bonds is 7. The van der Waals surface area contributed by atoms with Crippen molar-refractivity contribution in [2.75, 3.05) is 11.4 Å². The van der Waals surface area contributed by atoms with Gasteiger partial charge in [-0.1, -0.05) is 30.1 Å². The van der Waals surface area contributed by atoms with Gasteiger partial charge in [-0.25, -0.2) is 4.98 Å². The van der Waals surface area contributed by atoms with Crippen molar-refractivity contribution < 1.29 is 4.79 Å². The number of hydrogen-bond acceptors (Lipinski definition) is 4. The number of halogens is 2. The molecule has 3 aromatic rings. The van der Waals surface area contributed by atoms with E-state index in [0.29, 0.717) is 34.6 Å². The topological polar surface area (TPSA) is 51.0 Å². The summed E-state index contributed by atoms with van der Waals surface area (Å²) in [5, 5.41) is 8.19. The van der Waals surface area contributed by atoms with Crippen molar-refractivity contribution >= 4 is 45.6 Å². The molecule has 0 aliphatic heterocycles. The summed E-state index contributed by atoms with van der Waals surface area (Å²) in [5.74, 6) is 0.0672.